The number of aromatic nitrogens is 1. The molecule has 0 radical (unpaired) electrons. The Morgan fingerprint density at radius 3 is 2.81 bits per heavy atom. The van der Waals surface area contributed by atoms with Crippen LogP contribution >= 0.6 is 23.1 Å². The van der Waals surface area contributed by atoms with Gasteiger partial charge >= 0.3 is 5.97 Å². The third-order valence-electron chi connectivity index (χ3n) is 1.88. The van der Waals surface area contributed by atoms with Crippen LogP contribution in [-0.2, 0) is 0 Å². The molecule has 88 valence electrons. The van der Waals surface area contributed by atoms with E-state index in [4.69, 9.17) is 5.11 Å². The molecule has 1 aromatic heterocycles. The van der Waals surface area contributed by atoms with Crippen LogP contribution in [0.1, 0.15) is 20.3 Å². The van der Waals surface area contributed by atoms with E-state index in [-0.39, 0.29) is 16.6 Å². The van der Waals surface area contributed by atoms with Crippen LogP contribution in [0.5, 0.6) is 0 Å². The molecule has 1 rings (SSSR count). The monoisotopic (exact) mass is 260 g/mol. The van der Waals surface area contributed by atoms with E-state index in [9.17, 15) is 9.59 Å². The Morgan fingerprint density at radius 1 is 1.62 bits per heavy atom. The van der Waals surface area contributed by atoms with Gasteiger partial charge in [0.15, 0.2) is 10.7 Å². The molecule has 0 saturated carbocycles. The van der Waals surface area contributed by atoms with Crippen molar-refractivity contribution < 1.29 is 14.7 Å². The highest BCUT2D eigenvalue weighted by Crippen LogP contribution is 2.12. The van der Waals surface area contributed by atoms with E-state index in [1.54, 1.807) is 23.7 Å². The van der Waals surface area contributed by atoms with Gasteiger partial charge in [0.2, 0.25) is 0 Å². The maximum Gasteiger partial charge on any atom is 0.355 e. The van der Waals surface area contributed by atoms with Gasteiger partial charge in [0.05, 0.1) is 0 Å². The molecule has 0 unspecified atom stereocenters. The van der Waals surface area contributed by atoms with E-state index < -0.39 is 5.97 Å². The summed E-state index contributed by atoms with van der Waals surface area (Å²) in [6.45, 7) is 0.627. The molecule has 0 fully saturated rings. The van der Waals surface area contributed by atoms with Crippen molar-refractivity contribution in [1.29, 1.82) is 0 Å². The number of hydrogen-bond donors (Lipinski definition) is 1. The van der Waals surface area contributed by atoms with Crippen LogP contribution in [-0.4, -0.2) is 52.5 Å². The van der Waals surface area contributed by atoms with Gasteiger partial charge in [0.25, 0.3) is 5.91 Å². The molecule has 7 heteroatoms. The number of amides is 1. The highest BCUT2D eigenvalue weighted by atomic mass is 32.2. The van der Waals surface area contributed by atoms with Crippen LogP contribution < -0.4 is 0 Å². The molecule has 1 aromatic rings. The number of nitrogens with zero attached hydrogens (tertiary/aromatic N) is 2. The third kappa shape index (κ3) is 3.21. The molecule has 16 heavy (non-hydrogen) atoms. The molecular weight excluding hydrogens is 248 g/mol. The second-order valence-electron chi connectivity index (χ2n) is 3.06. The molecule has 1 N–H and O–H groups in total. The maximum absolute atomic E-state index is 11.8. The first kappa shape index (κ1) is 13.0. The van der Waals surface area contributed by atoms with Crippen molar-refractivity contribution in [1.82, 2.24) is 9.88 Å². The normalized spacial score (nSPS) is 10.1. The van der Waals surface area contributed by atoms with Crippen molar-refractivity contribution in [3.8, 4) is 0 Å². The Kier molecular flexibility index (Phi) is 4.75. The lowest BCUT2D eigenvalue weighted by atomic mass is 10.5. The van der Waals surface area contributed by atoms with Crippen LogP contribution in [0.2, 0.25) is 0 Å². The summed E-state index contributed by atoms with van der Waals surface area (Å²) in [6.07, 6.45) is 1.96. The summed E-state index contributed by atoms with van der Waals surface area (Å²) in [7, 11) is 1.68. The van der Waals surface area contributed by atoms with E-state index in [1.807, 2.05) is 6.26 Å². The quantitative estimate of drug-likeness (QED) is 0.863. The fraction of sp³-hybridized carbons (Fsp3) is 0.444. The molecular formula is C9H12N2O3S2. The van der Waals surface area contributed by atoms with E-state index >= 15 is 0 Å². The summed E-state index contributed by atoms with van der Waals surface area (Å²) in [5, 5.41) is 10.3. The van der Waals surface area contributed by atoms with Crippen LogP contribution in [0.25, 0.3) is 0 Å². The van der Waals surface area contributed by atoms with Crippen LogP contribution in [0.15, 0.2) is 5.38 Å². The summed E-state index contributed by atoms with van der Waals surface area (Å²) in [6, 6.07) is 0. The van der Waals surface area contributed by atoms with Gasteiger partial charge in [-0.2, -0.15) is 11.8 Å². The molecule has 0 aromatic carbocycles. The zero-order chi connectivity index (χ0) is 12.1. The van der Waals surface area contributed by atoms with Gasteiger partial charge in [-0.15, -0.1) is 11.3 Å². The first-order valence-electron chi connectivity index (χ1n) is 4.49. The van der Waals surface area contributed by atoms with Crippen LogP contribution in [0.4, 0.5) is 0 Å². The largest absolute Gasteiger partial charge is 0.476 e. The zero-order valence-electron chi connectivity index (χ0n) is 8.97. The van der Waals surface area contributed by atoms with E-state index in [1.165, 1.54) is 5.38 Å². The average Bonchev–Trinajstić information content (AvgIpc) is 2.74. The third-order valence-corrected chi connectivity index (χ3v) is 3.30. The van der Waals surface area contributed by atoms with Gasteiger partial charge < -0.3 is 10.0 Å². The lowest BCUT2D eigenvalue weighted by molar-refractivity contribution is 0.0691. The number of carbonyl (C=O) groups is 2. The van der Waals surface area contributed by atoms with Crippen molar-refractivity contribution in [2.24, 2.45) is 0 Å². The number of carboxylic acids is 1. The Bertz CT molecular complexity index is 392. The van der Waals surface area contributed by atoms with Gasteiger partial charge in [-0.1, -0.05) is 0 Å². The first-order valence-corrected chi connectivity index (χ1v) is 6.77. The summed E-state index contributed by atoms with van der Waals surface area (Å²) >= 11 is 2.71. The first-order chi connectivity index (χ1) is 7.56. The highest BCUT2D eigenvalue weighted by molar-refractivity contribution is 7.98. The minimum atomic E-state index is -1.11. The molecule has 1 amide bonds. The molecule has 5 nitrogen and oxygen atoms in total. The van der Waals surface area contributed by atoms with Crippen molar-refractivity contribution >= 4 is 35.0 Å². The summed E-state index contributed by atoms with van der Waals surface area (Å²) in [5.74, 6) is -0.493. The summed E-state index contributed by atoms with van der Waals surface area (Å²) in [4.78, 5) is 27.7. The van der Waals surface area contributed by atoms with E-state index in [2.05, 4.69) is 4.98 Å². The Labute approximate surface area is 101 Å². The molecule has 0 atom stereocenters. The summed E-state index contributed by atoms with van der Waals surface area (Å²) in [5.41, 5.74) is -0.0772. The second-order valence-corrected chi connectivity index (χ2v) is 4.91. The Morgan fingerprint density at radius 2 is 2.31 bits per heavy atom. The molecule has 0 bridgehead atoms. The molecule has 0 aliphatic carbocycles. The predicted octanol–water partition coefficient (Wildman–Crippen LogP) is 1.28. The van der Waals surface area contributed by atoms with Crippen molar-refractivity contribution in [3.63, 3.8) is 0 Å². The number of aromatic carboxylic acids is 1. The topological polar surface area (TPSA) is 70.5 Å². The molecule has 0 aliphatic heterocycles. The van der Waals surface area contributed by atoms with Gasteiger partial charge in [-0.25, -0.2) is 9.78 Å². The second kappa shape index (κ2) is 5.86. The van der Waals surface area contributed by atoms with E-state index in [0.717, 1.165) is 17.1 Å². The van der Waals surface area contributed by atoms with Gasteiger partial charge in [-0.3, -0.25) is 4.79 Å². The standard InChI is InChI=1S/C9H12N2O3S2/c1-11(3-4-15-2)8(12)7-10-6(5-16-7)9(13)14/h5H,3-4H2,1-2H3,(H,13,14). The van der Waals surface area contributed by atoms with E-state index in [0.29, 0.717) is 6.54 Å². The summed E-state index contributed by atoms with van der Waals surface area (Å²) < 4.78 is 0. The SMILES string of the molecule is CSCCN(C)C(=O)c1nc(C(=O)O)cs1. The van der Waals surface area contributed by atoms with Crippen molar-refractivity contribution in [3.05, 3.63) is 16.1 Å². The number of carboxylic acid groups (broad SMARTS) is 1. The molecule has 0 aliphatic rings. The zero-order valence-corrected chi connectivity index (χ0v) is 10.6. The van der Waals surface area contributed by atoms with Crippen LogP contribution in [0, 0.1) is 0 Å². The maximum atomic E-state index is 11.8. The number of hydrogen-bond acceptors (Lipinski definition) is 5. The van der Waals surface area contributed by atoms with Crippen molar-refractivity contribution in [2.75, 3.05) is 25.6 Å². The average molecular weight is 260 g/mol. The molecule has 0 saturated heterocycles. The van der Waals surface area contributed by atoms with Gasteiger partial charge in [0, 0.05) is 24.7 Å². The van der Waals surface area contributed by atoms with Gasteiger partial charge in [0.1, 0.15) is 0 Å². The van der Waals surface area contributed by atoms with Crippen LogP contribution in [0.3, 0.4) is 0 Å². The predicted molar refractivity (Wildman–Crippen MR) is 64.4 cm³/mol. The van der Waals surface area contributed by atoms with Crippen molar-refractivity contribution in [2.45, 2.75) is 0 Å². The Balaban J connectivity index is 2.68. The Hall–Kier alpha value is -1.08. The highest BCUT2D eigenvalue weighted by Gasteiger charge is 2.17. The fourth-order valence-corrected chi connectivity index (χ4v) is 2.20. The minimum absolute atomic E-state index is 0.0772. The minimum Gasteiger partial charge on any atom is -0.476 e. The smallest absolute Gasteiger partial charge is 0.355 e. The number of carbonyl (C=O) groups excluding carboxylic acids is 1. The lowest BCUT2D eigenvalue weighted by Gasteiger charge is -2.14. The number of rotatable bonds is 5. The number of thioether (sulfide) groups is 1. The van der Waals surface area contributed by atoms with Gasteiger partial charge in [-0.05, 0) is 6.26 Å². The molecule has 0 spiro atoms. The number of thiazole rings is 1. The fourth-order valence-electron chi connectivity index (χ4n) is 0.963. The lowest BCUT2D eigenvalue weighted by Crippen LogP contribution is -2.28. The molecule has 1 heterocycles.